The number of hydrogen-bond acceptors (Lipinski definition) is 4. The summed E-state index contributed by atoms with van der Waals surface area (Å²) in [6, 6.07) is 0. The fourth-order valence-electron chi connectivity index (χ4n) is 3.28. The molecule has 0 unspecified atom stereocenters. The van der Waals surface area contributed by atoms with E-state index in [2.05, 4.69) is 4.84 Å². The SMILES string of the molecule is NOC(=O)[C@@H]1C2CCC(CC2)[C@H]1C(N)=O. The zero-order valence-corrected chi connectivity index (χ0v) is 8.52. The maximum absolute atomic E-state index is 11.5. The predicted octanol–water partition coefficient (Wildman–Crippen LogP) is -0.0590. The van der Waals surface area contributed by atoms with Crippen molar-refractivity contribution in [2.75, 3.05) is 0 Å². The lowest BCUT2D eigenvalue weighted by Crippen LogP contribution is -2.50. The third-order valence-corrected chi connectivity index (χ3v) is 3.94. The summed E-state index contributed by atoms with van der Waals surface area (Å²) in [5.74, 6) is 3.73. The van der Waals surface area contributed by atoms with Gasteiger partial charge < -0.3 is 10.6 Å². The second kappa shape index (κ2) is 3.81. The fraction of sp³-hybridized carbons (Fsp3) is 0.800. The third kappa shape index (κ3) is 1.61. The Bertz CT molecular complexity index is 284. The van der Waals surface area contributed by atoms with Gasteiger partial charge in [0.15, 0.2) is 0 Å². The van der Waals surface area contributed by atoms with E-state index in [1.807, 2.05) is 0 Å². The Morgan fingerprint density at radius 3 is 1.87 bits per heavy atom. The third-order valence-electron chi connectivity index (χ3n) is 3.94. The molecule has 0 aromatic carbocycles. The van der Waals surface area contributed by atoms with Crippen molar-refractivity contribution in [1.29, 1.82) is 0 Å². The monoisotopic (exact) mass is 212 g/mol. The molecule has 4 N–H and O–H groups in total. The van der Waals surface area contributed by atoms with Gasteiger partial charge >= 0.3 is 5.97 Å². The highest BCUT2D eigenvalue weighted by Gasteiger charge is 2.50. The van der Waals surface area contributed by atoms with Crippen molar-refractivity contribution in [3.8, 4) is 0 Å². The van der Waals surface area contributed by atoms with E-state index < -0.39 is 11.9 Å². The first-order valence-corrected chi connectivity index (χ1v) is 5.35. The van der Waals surface area contributed by atoms with Gasteiger partial charge in [0.05, 0.1) is 11.8 Å². The first kappa shape index (κ1) is 10.4. The van der Waals surface area contributed by atoms with Gasteiger partial charge in [0.25, 0.3) is 0 Å². The molecule has 15 heavy (non-hydrogen) atoms. The van der Waals surface area contributed by atoms with Crippen LogP contribution in [0.25, 0.3) is 0 Å². The molecule has 2 bridgehead atoms. The van der Waals surface area contributed by atoms with Crippen LogP contribution in [0.15, 0.2) is 0 Å². The second-order valence-corrected chi connectivity index (χ2v) is 4.57. The Hall–Kier alpha value is -1.10. The van der Waals surface area contributed by atoms with Crippen LogP contribution < -0.4 is 11.6 Å². The van der Waals surface area contributed by atoms with E-state index in [4.69, 9.17) is 11.6 Å². The first-order valence-electron chi connectivity index (χ1n) is 5.35. The second-order valence-electron chi connectivity index (χ2n) is 4.57. The van der Waals surface area contributed by atoms with Crippen LogP contribution >= 0.6 is 0 Å². The highest BCUT2D eigenvalue weighted by atomic mass is 16.7. The summed E-state index contributed by atoms with van der Waals surface area (Å²) in [6.07, 6.45) is 3.95. The minimum atomic E-state index is -0.479. The van der Waals surface area contributed by atoms with Gasteiger partial charge in [0.2, 0.25) is 5.91 Å². The number of nitrogens with two attached hydrogens (primary N) is 2. The molecule has 3 aliphatic rings. The number of hydrogen-bond donors (Lipinski definition) is 2. The highest BCUT2D eigenvalue weighted by Crippen LogP contribution is 2.48. The zero-order valence-electron chi connectivity index (χ0n) is 8.52. The smallest absolute Gasteiger partial charge is 0.328 e. The van der Waals surface area contributed by atoms with Crippen LogP contribution in [-0.4, -0.2) is 11.9 Å². The predicted molar refractivity (Wildman–Crippen MR) is 51.9 cm³/mol. The zero-order chi connectivity index (χ0) is 11.0. The Morgan fingerprint density at radius 1 is 1.00 bits per heavy atom. The molecule has 3 saturated carbocycles. The van der Waals surface area contributed by atoms with Crippen molar-refractivity contribution in [3.63, 3.8) is 0 Å². The molecule has 0 radical (unpaired) electrons. The van der Waals surface area contributed by atoms with Crippen LogP contribution in [0, 0.1) is 23.7 Å². The molecule has 0 heterocycles. The van der Waals surface area contributed by atoms with Crippen LogP contribution in [0.5, 0.6) is 0 Å². The largest absolute Gasteiger partial charge is 0.373 e. The van der Waals surface area contributed by atoms with Gasteiger partial charge in [0, 0.05) is 0 Å². The van der Waals surface area contributed by atoms with Crippen LogP contribution in [0.2, 0.25) is 0 Å². The normalized spacial score (nSPS) is 38.7. The minimum Gasteiger partial charge on any atom is -0.373 e. The molecule has 0 saturated heterocycles. The van der Waals surface area contributed by atoms with Crippen molar-refractivity contribution < 1.29 is 14.4 Å². The molecule has 3 rings (SSSR count). The summed E-state index contributed by atoms with van der Waals surface area (Å²) >= 11 is 0. The summed E-state index contributed by atoms with van der Waals surface area (Å²) in [5, 5.41) is 0. The van der Waals surface area contributed by atoms with E-state index in [1.165, 1.54) is 0 Å². The summed E-state index contributed by atoms with van der Waals surface area (Å²) in [5.41, 5.74) is 5.35. The molecule has 0 spiro atoms. The lowest BCUT2D eigenvalue weighted by Gasteiger charge is -2.45. The molecular weight excluding hydrogens is 196 g/mol. The van der Waals surface area contributed by atoms with E-state index >= 15 is 0 Å². The van der Waals surface area contributed by atoms with Crippen molar-refractivity contribution in [2.24, 2.45) is 35.3 Å². The number of rotatable bonds is 2. The summed E-state index contributed by atoms with van der Waals surface area (Å²) in [7, 11) is 0. The van der Waals surface area contributed by atoms with Gasteiger partial charge in [-0.2, -0.15) is 5.90 Å². The lowest BCUT2D eigenvalue weighted by atomic mass is 9.58. The number of carbonyl (C=O) groups excluding carboxylic acids is 2. The van der Waals surface area contributed by atoms with Crippen LogP contribution in [-0.2, 0) is 14.4 Å². The van der Waals surface area contributed by atoms with Crippen molar-refractivity contribution >= 4 is 11.9 Å². The van der Waals surface area contributed by atoms with Gasteiger partial charge in [-0.25, -0.2) is 0 Å². The van der Waals surface area contributed by atoms with E-state index in [0.717, 1.165) is 25.7 Å². The van der Waals surface area contributed by atoms with Gasteiger partial charge in [0.1, 0.15) is 0 Å². The van der Waals surface area contributed by atoms with E-state index in [9.17, 15) is 9.59 Å². The molecule has 0 aliphatic heterocycles. The quantitative estimate of drug-likeness (QED) is 0.627. The molecule has 3 fully saturated rings. The molecule has 84 valence electrons. The maximum Gasteiger partial charge on any atom is 0.328 e. The van der Waals surface area contributed by atoms with Gasteiger partial charge in [-0.05, 0) is 37.5 Å². The molecule has 0 aromatic rings. The Labute approximate surface area is 88.1 Å². The summed E-state index contributed by atoms with van der Waals surface area (Å²) in [4.78, 5) is 27.1. The molecule has 5 nitrogen and oxygen atoms in total. The molecule has 1 amide bonds. The number of amides is 1. The topological polar surface area (TPSA) is 95.4 Å². The van der Waals surface area contributed by atoms with Crippen LogP contribution in [0.4, 0.5) is 0 Å². The van der Waals surface area contributed by atoms with Gasteiger partial charge in [-0.3, -0.25) is 9.59 Å². The standard InChI is InChI=1S/C10H16N2O3/c11-9(13)7-5-1-3-6(4-2-5)8(7)10(14)15-12/h5-8H,1-4,12H2,(H2,11,13)/t5?,6?,7-,8-/m1/s1. The average Bonchev–Trinajstić information content (AvgIpc) is 2.28. The average molecular weight is 212 g/mol. The molecular formula is C10H16N2O3. The van der Waals surface area contributed by atoms with E-state index in [-0.39, 0.29) is 23.7 Å². The molecule has 3 aliphatic carbocycles. The molecule has 5 heteroatoms. The van der Waals surface area contributed by atoms with Crippen molar-refractivity contribution in [1.82, 2.24) is 0 Å². The number of primary amides is 1. The Kier molecular flexibility index (Phi) is 2.65. The minimum absolute atomic E-state index is 0.226. The summed E-state index contributed by atoms with van der Waals surface area (Å²) < 4.78 is 0. The van der Waals surface area contributed by atoms with E-state index in [0.29, 0.717) is 0 Å². The first-order chi connectivity index (χ1) is 7.15. The number of carbonyl (C=O) groups is 2. The van der Waals surface area contributed by atoms with Crippen molar-refractivity contribution in [2.45, 2.75) is 25.7 Å². The highest BCUT2D eigenvalue weighted by molar-refractivity contribution is 5.85. The maximum atomic E-state index is 11.5. The van der Waals surface area contributed by atoms with Gasteiger partial charge in [-0.15, -0.1) is 0 Å². The van der Waals surface area contributed by atoms with Crippen LogP contribution in [0.1, 0.15) is 25.7 Å². The molecule has 2 atom stereocenters. The van der Waals surface area contributed by atoms with Crippen molar-refractivity contribution in [3.05, 3.63) is 0 Å². The Morgan fingerprint density at radius 2 is 1.47 bits per heavy atom. The summed E-state index contributed by atoms with van der Waals surface area (Å²) in [6.45, 7) is 0. The fourth-order valence-corrected chi connectivity index (χ4v) is 3.28. The van der Waals surface area contributed by atoms with E-state index in [1.54, 1.807) is 0 Å². The number of fused-ring (bicyclic) bond motifs is 3. The van der Waals surface area contributed by atoms with Gasteiger partial charge in [-0.1, -0.05) is 0 Å². The molecule has 0 aromatic heterocycles. The van der Waals surface area contributed by atoms with Crippen LogP contribution in [0.3, 0.4) is 0 Å². The Balaban J connectivity index is 2.24. The lowest BCUT2D eigenvalue weighted by molar-refractivity contribution is -0.163.